The van der Waals surface area contributed by atoms with Gasteiger partial charge in [-0.1, -0.05) is 12.1 Å². The highest BCUT2D eigenvalue weighted by atomic mass is 32.1. The SMILES string of the molecule is COc1ccc(NC(=O)N2CCc3nc(C(=O)Nc4ccccc4N)sc3C2)cc1OC. The Bertz CT molecular complexity index is 1160. The third kappa shape index (κ3) is 4.45. The Balaban J connectivity index is 1.42. The number of benzene rings is 2. The number of rotatable bonds is 5. The van der Waals surface area contributed by atoms with Gasteiger partial charge in [0.1, 0.15) is 0 Å². The zero-order valence-electron chi connectivity index (χ0n) is 17.7. The third-order valence-corrected chi connectivity index (χ3v) is 6.14. The number of fused-ring (bicyclic) bond motifs is 1. The first-order chi connectivity index (χ1) is 15.5. The van der Waals surface area contributed by atoms with Crippen LogP contribution in [0.3, 0.4) is 0 Å². The molecule has 4 rings (SSSR count). The topological polar surface area (TPSA) is 119 Å². The van der Waals surface area contributed by atoms with E-state index in [-0.39, 0.29) is 11.9 Å². The van der Waals surface area contributed by atoms with E-state index in [0.717, 1.165) is 10.6 Å². The minimum Gasteiger partial charge on any atom is -0.493 e. The van der Waals surface area contributed by atoms with Gasteiger partial charge in [-0.3, -0.25) is 4.79 Å². The molecule has 10 heteroatoms. The van der Waals surface area contributed by atoms with Crippen molar-refractivity contribution in [1.82, 2.24) is 9.88 Å². The van der Waals surface area contributed by atoms with Crippen molar-refractivity contribution in [3.63, 3.8) is 0 Å². The van der Waals surface area contributed by atoms with Crippen molar-refractivity contribution in [2.75, 3.05) is 37.1 Å². The number of nitrogens with zero attached hydrogens (tertiary/aromatic N) is 2. The number of urea groups is 1. The van der Waals surface area contributed by atoms with Crippen LogP contribution in [0.1, 0.15) is 20.4 Å². The quantitative estimate of drug-likeness (QED) is 0.508. The van der Waals surface area contributed by atoms with Gasteiger partial charge in [0.05, 0.1) is 37.8 Å². The van der Waals surface area contributed by atoms with Crippen molar-refractivity contribution in [2.45, 2.75) is 13.0 Å². The van der Waals surface area contributed by atoms with E-state index >= 15 is 0 Å². The largest absolute Gasteiger partial charge is 0.493 e. The molecule has 0 saturated heterocycles. The molecular weight excluding hydrogens is 430 g/mol. The summed E-state index contributed by atoms with van der Waals surface area (Å²) in [5, 5.41) is 6.02. The molecule has 1 aliphatic rings. The molecule has 0 saturated carbocycles. The van der Waals surface area contributed by atoms with Crippen LogP contribution >= 0.6 is 11.3 Å². The summed E-state index contributed by atoms with van der Waals surface area (Å²) in [6.45, 7) is 0.884. The third-order valence-electron chi connectivity index (χ3n) is 5.06. The number of nitrogens with two attached hydrogens (primary N) is 1. The number of aromatic nitrogens is 1. The van der Waals surface area contributed by atoms with Gasteiger partial charge in [0, 0.05) is 29.6 Å². The lowest BCUT2D eigenvalue weighted by Gasteiger charge is -2.26. The number of para-hydroxylation sites is 2. The summed E-state index contributed by atoms with van der Waals surface area (Å²) in [7, 11) is 3.10. The van der Waals surface area contributed by atoms with Crippen LogP contribution in [-0.2, 0) is 13.0 Å². The molecule has 3 amide bonds. The van der Waals surface area contributed by atoms with E-state index in [1.165, 1.54) is 11.3 Å². The molecule has 2 aromatic carbocycles. The summed E-state index contributed by atoms with van der Waals surface area (Å²) in [5.41, 5.74) is 8.37. The molecule has 3 aromatic rings. The van der Waals surface area contributed by atoms with Gasteiger partial charge in [0.15, 0.2) is 16.5 Å². The van der Waals surface area contributed by atoms with Crippen LogP contribution in [0.4, 0.5) is 21.9 Å². The number of hydrogen-bond donors (Lipinski definition) is 3. The fourth-order valence-corrected chi connectivity index (χ4v) is 4.39. The Kier molecular flexibility index (Phi) is 6.13. The maximum atomic E-state index is 12.8. The summed E-state index contributed by atoms with van der Waals surface area (Å²) in [6, 6.07) is 12.0. The Morgan fingerprint density at radius 2 is 1.88 bits per heavy atom. The molecule has 0 unspecified atom stereocenters. The number of methoxy groups -OCH3 is 2. The van der Waals surface area contributed by atoms with E-state index in [1.807, 2.05) is 0 Å². The van der Waals surface area contributed by atoms with E-state index in [0.29, 0.717) is 53.1 Å². The van der Waals surface area contributed by atoms with Crippen LogP contribution in [0, 0.1) is 0 Å². The Labute approximate surface area is 189 Å². The molecule has 166 valence electrons. The summed E-state index contributed by atoms with van der Waals surface area (Å²) in [6.07, 6.45) is 0.575. The van der Waals surface area contributed by atoms with Crippen LogP contribution in [0.25, 0.3) is 0 Å². The number of ether oxygens (including phenoxy) is 2. The van der Waals surface area contributed by atoms with E-state index < -0.39 is 0 Å². The van der Waals surface area contributed by atoms with Gasteiger partial charge in [-0.15, -0.1) is 11.3 Å². The predicted octanol–water partition coefficient (Wildman–Crippen LogP) is 3.59. The summed E-state index contributed by atoms with van der Waals surface area (Å²) < 4.78 is 10.5. The van der Waals surface area contributed by atoms with Crippen molar-refractivity contribution in [1.29, 1.82) is 0 Å². The molecule has 0 radical (unpaired) electrons. The molecular formula is C22H23N5O4S. The average molecular weight is 454 g/mol. The van der Waals surface area contributed by atoms with Crippen molar-refractivity contribution in [3.8, 4) is 11.5 Å². The lowest BCUT2D eigenvalue weighted by atomic mass is 10.2. The van der Waals surface area contributed by atoms with Crippen LogP contribution < -0.4 is 25.8 Å². The van der Waals surface area contributed by atoms with E-state index in [9.17, 15) is 9.59 Å². The van der Waals surface area contributed by atoms with Gasteiger partial charge in [0.2, 0.25) is 0 Å². The number of nitrogen functional groups attached to an aromatic ring is 1. The van der Waals surface area contributed by atoms with E-state index in [4.69, 9.17) is 15.2 Å². The molecule has 0 atom stereocenters. The van der Waals surface area contributed by atoms with Gasteiger partial charge < -0.3 is 30.7 Å². The molecule has 32 heavy (non-hydrogen) atoms. The number of nitrogens with one attached hydrogen (secondary N) is 2. The molecule has 2 heterocycles. The molecule has 9 nitrogen and oxygen atoms in total. The minimum absolute atomic E-state index is 0.237. The highest BCUT2D eigenvalue weighted by Gasteiger charge is 2.26. The zero-order chi connectivity index (χ0) is 22.7. The fraction of sp³-hybridized carbons (Fsp3) is 0.227. The maximum absolute atomic E-state index is 12.8. The summed E-state index contributed by atoms with van der Waals surface area (Å²) in [5.74, 6) is 0.799. The van der Waals surface area contributed by atoms with Crippen molar-refractivity contribution in [2.24, 2.45) is 0 Å². The number of amides is 3. The second kappa shape index (κ2) is 9.15. The number of anilines is 3. The standard InChI is InChI=1S/C22H23N5O4S/c1-30-17-8-7-13(11-18(17)31-2)24-22(29)27-10-9-16-19(12-27)32-21(26-16)20(28)25-15-6-4-3-5-14(15)23/h3-8,11H,9-10,12,23H2,1-2H3,(H,24,29)(H,25,28). The van der Waals surface area contributed by atoms with Crippen molar-refractivity contribution < 1.29 is 19.1 Å². The number of hydrogen-bond acceptors (Lipinski definition) is 7. The Hall–Kier alpha value is -3.79. The van der Waals surface area contributed by atoms with Crippen LogP contribution in [0.15, 0.2) is 42.5 Å². The number of thiazole rings is 1. The number of carbonyl (C=O) groups excluding carboxylic acids is 2. The van der Waals surface area contributed by atoms with Gasteiger partial charge in [-0.25, -0.2) is 9.78 Å². The first-order valence-electron chi connectivity index (χ1n) is 9.91. The number of carbonyl (C=O) groups is 2. The zero-order valence-corrected chi connectivity index (χ0v) is 18.5. The van der Waals surface area contributed by atoms with Crippen molar-refractivity contribution >= 4 is 40.3 Å². The Morgan fingerprint density at radius 1 is 1.09 bits per heavy atom. The van der Waals surface area contributed by atoms with Crippen molar-refractivity contribution in [3.05, 3.63) is 58.0 Å². The monoisotopic (exact) mass is 453 g/mol. The minimum atomic E-state index is -0.316. The second-order valence-electron chi connectivity index (χ2n) is 7.10. The lowest BCUT2D eigenvalue weighted by Crippen LogP contribution is -2.38. The van der Waals surface area contributed by atoms with Crippen LogP contribution in [0.2, 0.25) is 0 Å². The van der Waals surface area contributed by atoms with E-state index in [1.54, 1.807) is 61.6 Å². The first-order valence-corrected chi connectivity index (χ1v) is 10.7. The van der Waals surface area contributed by atoms with Gasteiger partial charge in [-0.05, 0) is 24.3 Å². The predicted molar refractivity (Wildman–Crippen MR) is 124 cm³/mol. The smallest absolute Gasteiger partial charge is 0.322 e. The maximum Gasteiger partial charge on any atom is 0.322 e. The normalized spacial score (nSPS) is 12.6. The fourth-order valence-electron chi connectivity index (χ4n) is 3.37. The van der Waals surface area contributed by atoms with E-state index in [2.05, 4.69) is 15.6 Å². The molecule has 1 aliphatic heterocycles. The molecule has 1 aromatic heterocycles. The lowest BCUT2D eigenvalue weighted by molar-refractivity contribution is 0.102. The summed E-state index contributed by atoms with van der Waals surface area (Å²) >= 11 is 1.28. The van der Waals surface area contributed by atoms with Crippen LogP contribution in [-0.4, -0.2) is 42.6 Å². The summed E-state index contributed by atoms with van der Waals surface area (Å²) in [4.78, 5) is 32.5. The van der Waals surface area contributed by atoms with Gasteiger partial charge in [0.25, 0.3) is 5.91 Å². The Morgan fingerprint density at radius 3 is 2.62 bits per heavy atom. The highest BCUT2D eigenvalue weighted by Crippen LogP contribution is 2.31. The average Bonchev–Trinajstić information content (AvgIpc) is 3.24. The molecule has 0 bridgehead atoms. The molecule has 0 fully saturated rings. The highest BCUT2D eigenvalue weighted by molar-refractivity contribution is 7.13. The molecule has 4 N–H and O–H groups in total. The molecule has 0 spiro atoms. The van der Waals surface area contributed by atoms with Gasteiger partial charge in [-0.2, -0.15) is 0 Å². The molecule has 0 aliphatic carbocycles. The van der Waals surface area contributed by atoms with Gasteiger partial charge >= 0.3 is 6.03 Å². The van der Waals surface area contributed by atoms with Crippen LogP contribution in [0.5, 0.6) is 11.5 Å². The second-order valence-corrected chi connectivity index (χ2v) is 8.19. The first kappa shape index (κ1) is 21.4.